The van der Waals surface area contributed by atoms with E-state index in [4.69, 9.17) is 16.3 Å². The van der Waals surface area contributed by atoms with E-state index in [0.29, 0.717) is 6.61 Å². The van der Waals surface area contributed by atoms with E-state index < -0.39 is 14.9 Å². The van der Waals surface area contributed by atoms with Crippen LogP contribution in [0, 0.1) is 10.1 Å². The van der Waals surface area contributed by atoms with E-state index in [1.165, 1.54) is 13.1 Å². The van der Waals surface area contributed by atoms with E-state index in [0.717, 1.165) is 29.6 Å². The lowest BCUT2D eigenvalue weighted by Gasteiger charge is -2.27. The molecule has 0 saturated carbocycles. The number of hydrogen-bond acceptors (Lipinski definition) is 5. The van der Waals surface area contributed by atoms with E-state index in [9.17, 15) is 18.5 Å². The number of ether oxygens (including phenoxy) is 1. The molecule has 0 aliphatic carbocycles. The average molecular weight is 428 g/mol. The highest BCUT2D eigenvalue weighted by atomic mass is 79.9. The van der Waals surface area contributed by atoms with Gasteiger partial charge in [0.05, 0.1) is 16.0 Å². The quantitative estimate of drug-likeness (QED) is 0.532. The number of likely N-dealkylation sites (N-methyl/N-ethyl adjacent to an activating group) is 1. The largest absolute Gasteiger partial charge is 0.377 e. The number of rotatable bonds is 5. The molecule has 0 spiro atoms. The SMILES string of the molecule is CN(CC1CCCCO1)S(=O)(=O)c1cc([N+](=O)[O-])cc(Br)c1Cl. The Morgan fingerprint density at radius 2 is 2.17 bits per heavy atom. The third-order valence-corrected chi connectivity index (χ3v) is 6.83. The minimum Gasteiger partial charge on any atom is -0.377 e. The second-order valence-corrected chi connectivity index (χ2v) is 8.52. The molecular weight excluding hydrogens is 412 g/mol. The molecule has 1 aromatic carbocycles. The second kappa shape index (κ2) is 7.43. The van der Waals surface area contributed by atoms with Gasteiger partial charge in [-0.3, -0.25) is 10.1 Å². The van der Waals surface area contributed by atoms with Crippen molar-refractivity contribution < 1.29 is 18.1 Å². The first-order chi connectivity index (χ1) is 10.7. The van der Waals surface area contributed by atoms with Crippen molar-refractivity contribution in [1.29, 1.82) is 0 Å². The van der Waals surface area contributed by atoms with Gasteiger partial charge in [-0.15, -0.1) is 0 Å². The van der Waals surface area contributed by atoms with Crippen LogP contribution in [0.1, 0.15) is 19.3 Å². The van der Waals surface area contributed by atoms with Crippen LogP contribution < -0.4 is 0 Å². The van der Waals surface area contributed by atoms with Gasteiger partial charge in [-0.2, -0.15) is 4.31 Å². The zero-order valence-corrected chi connectivity index (χ0v) is 15.5. The van der Waals surface area contributed by atoms with Crippen molar-refractivity contribution >= 4 is 43.2 Å². The number of nitrogens with zero attached hydrogens (tertiary/aromatic N) is 2. The van der Waals surface area contributed by atoms with Crippen LogP contribution in [-0.2, 0) is 14.8 Å². The van der Waals surface area contributed by atoms with Crippen LogP contribution >= 0.6 is 27.5 Å². The molecule has 0 aromatic heterocycles. The van der Waals surface area contributed by atoms with E-state index in [1.807, 2.05) is 0 Å². The number of non-ortho nitro benzene ring substituents is 1. The highest BCUT2D eigenvalue weighted by molar-refractivity contribution is 9.10. The molecule has 1 heterocycles. The summed E-state index contributed by atoms with van der Waals surface area (Å²) in [6.45, 7) is 0.792. The Balaban J connectivity index is 2.32. The van der Waals surface area contributed by atoms with Crippen LogP contribution in [0.15, 0.2) is 21.5 Å². The summed E-state index contributed by atoms with van der Waals surface area (Å²) in [5.74, 6) is 0. The van der Waals surface area contributed by atoms with Crippen molar-refractivity contribution in [2.45, 2.75) is 30.3 Å². The maximum absolute atomic E-state index is 12.7. The fourth-order valence-corrected chi connectivity index (χ4v) is 4.63. The predicted molar refractivity (Wildman–Crippen MR) is 89.2 cm³/mol. The highest BCUT2D eigenvalue weighted by Crippen LogP contribution is 2.35. The molecule has 0 N–H and O–H groups in total. The van der Waals surface area contributed by atoms with Gasteiger partial charge in [-0.25, -0.2) is 8.42 Å². The van der Waals surface area contributed by atoms with Crippen LogP contribution in [0.5, 0.6) is 0 Å². The van der Waals surface area contributed by atoms with Crippen LogP contribution in [0.4, 0.5) is 5.69 Å². The fourth-order valence-electron chi connectivity index (χ4n) is 2.35. The predicted octanol–water partition coefficient (Wildman–Crippen LogP) is 3.20. The van der Waals surface area contributed by atoms with E-state index in [-0.39, 0.29) is 32.7 Å². The summed E-state index contributed by atoms with van der Waals surface area (Å²) < 4.78 is 32.2. The highest BCUT2D eigenvalue weighted by Gasteiger charge is 2.30. The lowest BCUT2D eigenvalue weighted by molar-refractivity contribution is -0.385. The number of nitro groups is 1. The summed E-state index contributed by atoms with van der Waals surface area (Å²) in [5.41, 5.74) is -0.345. The van der Waals surface area contributed by atoms with Crippen LogP contribution in [0.25, 0.3) is 0 Å². The lowest BCUT2D eigenvalue weighted by Crippen LogP contribution is -2.37. The molecule has 1 saturated heterocycles. The Labute approximate surface area is 147 Å². The molecule has 1 aliphatic rings. The Bertz CT molecular complexity index is 707. The molecule has 7 nitrogen and oxygen atoms in total. The Morgan fingerprint density at radius 1 is 1.48 bits per heavy atom. The van der Waals surface area contributed by atoms with Crippen LogP contribution in [0.2, 0.25) is 5.02 Å². The molecule has 1 aromatic rings. The van der Waals surface area contributed by atoms with Crippen LogP contribution in [-0.4, -0.2) is 43.9 Å². The lowest BCUT2D eigenvalue weighted by atomic mass is 10.1. The monoisotopic (exact) mass is 426 g/mol. The summed E-state index contributed by atoms with van der Waals surface area (Å²) in [4.78, 5) is 9.99. The zero-order chi connectivity index (χ0) is 17.2. The van der Waals surface area contributed by atoms with Crippen molar-refractivity contribution in [2.75, 3.05) is 20.2 Å². The Kier molecular flexibility index (Phi) is 6.01. The Morgan fingerprint density at radius 3 is 2.74 bits per heavy atom. The fraction of sp³-hybridized carbons (Fsp3) is 0.538. The normalized spacial score (nSPS) is 19.0. The van der Waals surface area contributed by atoms with Crippen molar-refractivity contribution in [3.63, 3.8) is 0 Å². The minimum atomic E-state index is -3.96. The summed E-state index contributed by atoms with van der Waals surface area (Å²) in [7, 11) is -2.55. The second-order valence-electron chi connectivity index (χ2n) is 5.27. The van der Waals surface area contributed by atoms with Crippen molar-refractivity contribution in [3.05, 3.63) is 31.7 Å². The summed E-state index contributed by atoms with van der Waals surface area (Å²) in [6.07, 6.45) is 2.56. The molecule has 128 valence electrons. The Hall–Kier alpha value is -0.740. The summed E-state index contributed by atoms with van der Waals surface area (Å²) in [5, 5.41) is 10.9. The third-order valence-electron chi connectivity index (χ3n) is 3.61. The van der Waals surface area contributed by atoms with Gasteiger partial charge >= 0.3 is 0 Å². The van der Waals surface area contributed by atoms with Gasteiger partial charge in [-0.1, -0.05) is 11.6 Å². The topological polar surface area (TPSA) is 89.8 Å². The first kappa shape index (κ1) is 18.6. The van der Waals surface area contributed by atoms with Gasteiger partial charge in [0.25, 0.3) is 5.69 Å². The molecule has 0 radical (unpaired) electrons. The number of benzene rings is 1. The number of halogens is 2. The molecule has 1 unspecified atom stereocenters. The van der Waals surface area contributed by atoms with Gasteiger partial charge < -0.3 is 4.74 Å². The average Bonchev–Trinajstić information content (AvgIpc) is 2.50. The van der Waals surface area contributed by atoms with Crippen molar-refractivity contribution in [1.82, 2.24) is 4.31 Å². The smallest absolute Gasteiger partial charge is 0.272 e. The van der Waals surface area contributed by atoms with Gasteiger partial charge in [0.2, 0.25) is 10.0 Å². The number of nitro benzene ring substituents is 1. The van der Waals surface area contributed by atoms with Gasteiger partial charge in [0.15, 0.2) is 0 Å². The molecule has 0 amide bonds. The van der Waals surface area contributed by atoms with Crippen molar-refractivity contribution in [3.8, 4) is 0 Å². The maximum atomic E-state index is 12.7. The zero-order valence-electron chi connectivity index (χ0n) is 12.4. The first-order valence-corrected chi connectivity index (χ1v) is 9.56. The third kappa shape index (κ3) is 4.21. The number of hydrogen-bond donors (Lipinski definition) is 0. The summed E-state index contributed by atoms with van der Waals surface area (Å²) >= 11 is 9.10. The molecule has 10 heteroatoms. The van der Waals surface area contributed by atoms with E-state index >= 15 is 0 Å². The first-order valence-electron chi connectivity index (χ1n) is 6.95. The summed E-state index contributed by atoms with van der Waals surface area (Å²) in [6, 6.07) is 2.15. The standard InChI is InChI=1S/C13H16BrClN2O5S/c1-16(8-10-4-2-3-5-22-10)23(20,21)12-7-9(17(18)19)6-11(14)13(12)15/h6-7,10H,2-5,8H2,1H3. The molecule has 23 heavy (non-hydrogen) atoms. The van der Waals surface area contributed by atoms with Crippen molar-refractivity contribution in [2.24, 2.45) is 0 Å². The molecule has 2 rings (SSSR count). The number of sulfonamides is 1. The molecule has 1 fully saturated rings. The molecule has 1 aliphatic heterocycles. The maximum Gasteiger partial charge on any atom is 0.272 e. The van der Waals surface area contributed by atoms with Gasteiger partial charge in [0, 0.05) is 36.8 Å². The molecular formula is C13H16BrClN2O5S. The van der Waals surface area contributed by atoms with Gasteiger partial charge in [0.1, 0.15) is 4.90 Å². The minimum absolute atomic E-state index is 0.0768. The van der Waals surface area contributed by atoms with E-state index in [1.54, 1.807) is 0 Å². The van der Waals surface area contributed by atoms with Gasteiger partial charge in [-0.05, 0) is 35.2 Å². The van der Waals surface area contributed by atoms with Crippen LogP contribution in [0.3, 0.4) is 0 Å². The molecule has 0 bridgehead atoms. The molecule has 1 atom stereocenters. The van der Waals surface area contributed by atoms with E-state index in [2.05, 4.69) is 15.9 Å².